The number of amides is 1. The Morgan fingerprint density at radius 3 is 2.25 bits per heavy atom. The maximum absolute atomic E-state index is 11.7. The first-order valence-corrected chi connectivity index (χ1v) is 7.51. The van der Waals surface area contributed by atoms with Gasteiger partial charge in [-0.25, -0.2) is 4.79 Å². The molecule has 0 aromatic heterocycles. The lowest BCUT2D eigenvalue weighted by Crippen LogP contribution is -2.45. The van der Waals surface area contributed by atoms with E-state index in [-0.39, 0.29) is 11.9 Å². The lowest BCUT2D eigenvalue weighted by molar-refractivity contribution is 0.0636. The van der Waals surface area contributed by atoms with Gasteiger partial charge < -0.3 is 15.0 Å². The van der Waals surface area contributed by atoms with Gasteiger partial charge in [-0.05, 0) is 38.5 Å². The number of hydrogen-bond donors (Lipinski definition) is 5. The van der Waals surface area contributed by atoms with Gasteiger partial charge in [0.2, 0.25) is 0 Å². The molecule has 8 nitrogen and oxygen atoms in total. The zero-order valence-corrected chi connectivity index (χ0v) is 14.8. The van der Waals surface area contributed by atoms with Gasteiger partial charge in [-0.15, -0.1) is 0 Å². The smallest absolute Gasteiger partial charge is 0.412 e. The highest BCUT2D eigenvalue weighted by atomic mass is 16.6. The van der Waals surface area contributed by atoms with E-state index in [1.54, 1.807) is 51.9 Å². The van der Waals surface area contributed by atoms with Crippen LogP contribution in [-0.2, 0) is 11.3 Å². The van der Waals surface area contributed by atoms with Crippen LogP contribution in [-0.4, -0.2) is 42.6 Å². The van der Waals surface area contributed by atoms with Gasteiger partial charge in [0.1, 0.15) is 5.60 Å². The van der Waals surface area contributed by atoms with Gasteiger partial charge >= 0.3 is 6.09 Å². The van der Waals surface area contributed by atoms with Crippen molar-refractivity contribution >= 4 is 23.7 Å². The number of nitrogens with zero attached hydrogens (tertiary/aromatic N) is 1. The van der Waals surface area contributed by atoms with E-state index in [4.69, 9.17) is 15.6 Å². The van der Waals surface area contributed by atoms with Crippen LogP contribution in [0.1, 0.15) is 26.3 Å². The molecule has 0 saturated heterocycles. The number of ether oxygens (including phenoxy) is 1. The summed E-state index contributed by atoms with van der Waals surface area (Å²) in [6, 6.07) is 7.20. The van der Waals surface area contributed by atoms with Crippen molar-refractivity contribution in [2.75, 3.05) is 19.4 Å². The number of anilines is 1. The summed E-state index contributed by atoms with van der Waals surface area (Å²) in [5, 5.41) is 23.5. The summed E-state index contributed by atoms with van der Waals surface area (Å²) in [5.41, 5.74) is 1.03. The number of carbonyl (C=O) groups excluding carboxylic acids is 1. The lowest BCUT2D eigenvalue weighted by atomic mass is 10.2. The van der Waals surface area contributed by atoms with Gasteiger partial charge in [0, 0.05) is 26.3 Å². The van der Waals surface area contributed by atoms with E-state index in [0.717, 1.165) is 5.56 Å². The monoisotopic (exact) mass is 334 g/mol. The predicted molar refractivity (Wildman–Crippen MR) is 95.4 cm³/mol. The Hall–Kier alpha value is -2.77. The lowest BCUT2D eigenvalue weighted by Gasteiger charge is -2.19. The molecule has 0 saturated carbocycles. The molecule has 1 rings (SSSR count). The third kappa shape index (κ3) is 7.48. The number of nitrogens with one attached hydrogen (secondary N) is 5. The Bertz CT molecular complexity index is 590. The standard InChI is InChI=1S/C16H26N6O2/c1-16(2,3)24-15(23)20-12-8-6-11(7-9-12)10-19-13(17)21-14(18)22(4)5/h6-9H,10H2,1-5H3,(H,20,23)(H4,17,18,19,21). The molecule has 0 radical (unpaired) electrons. The fraction of sp³-hybridized carbons (Fsp3) is 0.438. The highest BCUT2D eigenvalue weighted by Gasteiger charge is 2.16. The quantitative estimate of drug-likeness (QED) is 0.429. The maximum atomic E-state index is 11.7. The average molecular weight is 334 g/mol. The summed E-state index contributed by atoms with van der Waals surface area (Å²) >= 11 is 0. The van der Waals surface area contributed by atoms with E-state index in [0.29, 0.717) is 12.2 Å². The van der Waals surface area contributed by atoms with Gasteiger partial charge in [-0.3, -0.25) is 21.5 Å². The Kier molecular flexibility index (Phi) is 6.58. The first-order valence-electron chi connectivity index (χ1n) is 7.51. The predicted octanol–water partition coefficient (Wildman–Crippen LogP) is 2.14. The van der Waals surface area contributed by atoms with Gasteiger partial charge in [0.25, 0.3) is 0 Å². The molecule has 1 aromatic carbocycles. The third-order valence-electron chi connectivity index (χ3n) is 2.76. The van der Waals surface area contributed by atoms with E-state index in [1.165, 1.54) is 0 Å². The molecule has 24 heavy (non-hydrogen) atoms. The fourth-order valence-corrected chi connectivity index (χ4v) is 1.59. The minimum Gasteiger partial charge on any atom is -0.444 e. The maximum Gasteiger partial charge on any atom is 0.412 e. The summed E-state index contributed by atoms with van der Waals surface area (Å²) in [6.45, 7) is 5.85. The molecule has 1 aromatic rings. The summed E-state index contributed by atoms with van der Waals surface area (Å²) in [5.74, 6) is 0.175. The van der Waals surface area contributed by atoms with Gasteiger partial charge in [0.05, 0.1) is 0 Å². The first kappa shape index (κ1) is 19.3. The van der Waals surface area contributed by atoms with Gasteiger partial charge in [-0.1, -0.05) is 12.1 Å². The molecule has 1 amide bonds. The molecule has 0 atom stereocenters. The summed E-state index contributed by atoms with van der Waals surface area (Å²) in [7, 11) is 3.44. The molecular weight excluding hydrogens is 308 g/mol. The Morgan fingerprint density at radius 1 is 1.17 bits per heavy atom. The van der Waals surface area contributed by atoms with Crippen molar-refractivity contribution in [3.63, 3.8) is 0 Å². The number of rotatable bonds is 3. The Morgan fingerprint density at radius 2 is 1.75 bits per heavy atom. The van der Waals surface area contributed by atoms with Crippen molar-refractivity contribution in [3.8, 4) is 0 Å². The topological polar surface area (TPSA) is 113 Å². The van der Waals surface area contributed by atoms with E-state index in [2.05, 4.69) is 16.0 Å². The van der Waals surface area contributed by atoms with Crippen LogP contribution in [0.25, 0.3) is 0 Å². The second-order valence-corrected chi connectivity index (χ2v) is 6.42. The zero-order chi connectivity index (χ0) is 18.3. The van der Waals surface area contributed by atoms with Crippen molar-refractivity contribution < 1.29 is 9.53 Å². The molecule has 0 fully saturated rings. The van der Waals surface area contributed by atoms with Crippen LogP contribution in [0.3, 0.4) is 0 Å². The zero-order valence-electron chi connectivity index (χ0n) is 14.8. The van der Waals surface area contributed by atoms with Crippen molar-refractivity contribution in [2.45, 2.75) is 32.9 Å². The van der Waals surface area contributed by atoms with Crippen LogP contribution < -0.4 is 16.0 Å². The number of carbonyl (C=O) groups is 1. The number of guanidine groups is 2. The van der Waals surface area contributed by atoms with E-state index in [1.807, 2.05) is 12.1 Å². The molecule has 132 valence electrons. The second-order valence-electron chi connectivity index (χ2n) is 6.42. The average Bonchev–Trinajstić information content (AvgIpc) is 2.44. The fourth-order valence-electron chi connectivity index (χ4n) is 1.59. The first-order chi connectivity index (χ1) is 11.1. The van der Waals surface area contributed by atoms with Crippen LogP contribution in [0.2, 0.25) is 0 Å². The SMILES string of the molecule is CN(C)C(=N)NC(=N)NCc1ccc(NC(=O)OC(C)(C)C)cc1. The largest absolute Gasteiger partial charge is 0.444 e. The third-order valence-corrected chi connectivity index (χ3v) is 2.76. The molecule has 0 aliphatic carbocycles. The van der Waals surface area contributed by atoms with Crippen LogP contribution >= 0.6 is 0 Å². The van der Waals surface area contributed by atoms with Crippen LogP contribution in [0, 0.1) is 10.8 Å². The van der Waals surface area contributed by atoms with Crippen molar-refractivity contribution in [1.29, 1.82) is 10.8 Å². The van der Waals surface area contributed by atoms with Gasteiger partial charge in [0.15, 0.2) is 11.9 Å². The minimum atomic E-state index is -0.540. The normalized spacial score (nSPS) is 10.5. The Balaban J connectivity index is 2.46. The summed E-state index contributed by atoms with van der Waals surface area (Å²) < 4.78 is 5.18. The Labute approximate surface area is 142 Å². The minimum absolute atomic E-state index is 0.0460. The molecule has 0 unspecified atom stereocenters. The van der Waals surface area contributed by atoms with Crippen molar-refractivity contribution in [2.24, 2.45) is 0 Å². The number of benzene rings is 1. The second kappa shape index (κ2) is 8.19. The van der Waals surface area contributed by atoms with Crippen molar-refractivity contribution in [3.05, 3.63) is 29.8 Å². The van der Waals surface area contributed by atoms with E-state index in [9.17, 15) is 4.79 Å². The summed E-state index contributed by atoms with van der Waals surface area (Å²) in [4.78, 5) is 13.2. The highest BCUT2D eigenvalue weighted by molar-refractivity contribution is 5.95. The summed E-state index contributed by atoms with van der Waals surface area (Å²) in [6.07, 6.45) is -0.499. The number of hydrogen-bond acceptors (Lipinski definition) is 4. The molecule has 0 bridgehead atoms. The van der Waals surface area contributed by atoms with Gasteiger partial charge in [-0.2, -0.15) is 0 Å². The van der Waals surface area contributed by atoms with Crippen molar-refractivity contribution in [1.82, 2.24) is 15.5 Å². The van der Waals surface area contributed by atoms with E-state index >= 15 is 0 Å². The molecule has 0 aliphatic heterocycles. The molecule has 8 heteroatoms. The molecular formula is C16H26N6O2. The van der Waals surface area contributed by atoms with Crippen LogP contribution in [0.5, 0.6) is 0 Å². The van der Waals surface area contributed by atoms with Crippen LogP contribution in [0.15, 0.2) is 24.3 Å². The molecule has 5 N–H and O–H groups in total. The van der Waals surface area contributed by atoms with Crippen LogP contribution in [0.4, 0.5) is 10.5 Å². The van der Waals surface area contributed by atoms with E-state index < -0.39 is 11.7 Å². The molecule has 0 aliphatic rings. The molecule has 0 heterocycles. The highest BCUT2D eigenvalue weighted by Crippen LogP contribution is 2.12. The molecule has 0 spiro atoms.